The smallest absolute Gasteiger partial charge is 0.213 e. The minimum atomic E-state index is -0.128. The van der Waals surface area contributed by atoms with Crippen LogP contribution in [0.25, 0.3) is 55.6 Å². The van der Waals surface area contributed by atoms with Crippen molar-refractivity contribution >= 4 is 21.9 Å². The fourth-order valence-electron chi connectivity index (χ4n) is 9.37. The normalized spacial score (nSPS) is 17.5. The Hall–Kier alpha value is -5.02. The van der Waals surface area contributed by atoms with E-state index in [-0.39, 0.29) is 17.4 Å². The standard InChI is InChI=1S/C45H42N2O/c1-5-30-23-41-32-17-11-12-19-34(32)44(45(6-2,7-3)47(41)28-38(30)31-15-9-8-10-16-31)39-27-46-26-29(4)21-22-40(46)36-25-43-37(24-35(36)39)33-18-13-14-20-42(33)48-43/h8-26,28,39,44H,5-7,27H2,1-4H3/q+2. The molecule has 2 unspecified atom stereocenters. The number of furan rings is 1. The highest BCUT2D eigenvalue weighted by molar-refractivity contribution is 6.06. The average molecular weight is 627 g/mol. The molecule has 9 rings (SSSR count). The van der Waals surface area contributed by atoms with Gasteiger partial charge in [0.05, 0.1) is 17.4 Å². The number of rotatable bonds is 5. The molecule has 48 heavy (non-hydrogen) atoms. The van der Waals surface area contributed by atoms with E-state index in [4.69, 9.17) is 4.42 Å². The Labute approximate surface area is 283 Å². The number of nitrogens with zero attached hydrogens (tertiary/aromatic N) is 2. The van der Waals surface area contributed by atoms with Crippen molar-refractivity contribution in [2.75, 3.05) is 0 Å². The number of fused-ring (bicyclic) bond motifs is 9. The summed E-state index contributed by atoms with van der Waals surface area (Å²) in [7, 11) is 0. The van der Waals surface area contributed by atoms with Gasteiger partial charge in [-0.25, -0.2) is 0 Å². The molecule has 0 spiro atoms. The van der Waals surface area contributed by atoms with Crippen LogP contribution in [0.4, 0.5) is 0 Å². The van der Waals surface area contributed by atoms with E-state index in [0.717, 1.165) is 37.0 Å². The molecule has 3 aromatic heterocycles. The Kier molecular flexibility index (Phi) is 6.69. The fourth-order valence-corrected chi connectivity index (χ4v) is 9.37. The van der Waals surface area contributed by atoms with Gasteiger partial charge in [-0.05, 0) is 65.9 Å². The zero-order valence-electron chi connectivity index (χ0n) is 28.3. The highest BCUT2D eigenvalue weighted by Crippen LogP contribution is 2.55. The second kappa shape index (κ2) is 11.0. The van der Waals surface area contributed by atoms with Crippen LogP contribution in [0.3, 0.4) is 0 Å². The van der Waals surface area contributed by atoms with Crippen LogP contribution < -0.4 is 9.13 Å². The second-order valence-corrected chi connectivity index (χ2v) is 13.9. The number of para-hydroxylation sites is 1. The van der Waals surface area contributed by atoms with Gasteiger partial charge in [0.15, 0.2) is 24.5 Å². The van der Waals surface area contributed by atoms with Crippen LogP contribution in [0.15, 0.2) is 126 Å². The predicted molar refractivity (Wildman–Crippen MR) is 195 cm³/mol. The van der Waals surface area contributed by atoms with Crippen molar-refractivity contribution in [3.05, 3.63) is 144 Å². The van der Waals surface area contributed by atoms with Crippen molar-refractivity contribution in [2.45, 2.75) is 70.9 Å². The molecule has 2 aliphatic rings. The van der Waals surface area contributed by atoms with Crippen LogP contribution in [0.1, 0.15) is 67.7 Å². The summed E-state index contributed by atoms with van der Waals surface area (Å²) in [5, 5.41) is 2.40. The fraction of sp³-hybridized carbons (Fsp3) is 0.244. The molecule has 0 saturated heterocycles. The molecule has 0 N–H and O–H groups in total. The van der Waals surface area contributed by atoms with Gasteiger partial charge in [0.1, 0.15) is 11.2 Å². The van der Waals surface area contributed by atoms with Crippen LogP contribution in [-0.4, -0.2) is 0 Å². The van der Waals surface area contributed by atoms with E-state index in [1.165, 1.54) is 66.7 Å². The highest BCUT2D eigenvalue weighted by Gasteiger charge is 2.56. The number of benzene rings is 4. The zero-order valence-corrected chi connectivity index (χ0v) is 28.3. The van der Waals surface area contributed by atoms with Crippen LogP contribution in [-0.2, 0) is 18.5 Å². The third-order valence-electron chi connectivity index (χ3n) is 11.7. The molecule has 4 aromatic carbocycles. The minimum Gasteiger partial charge on any atom is -0.456 e. The number of pyridine rings is 2. The maximum atomic E-state index is 6.49. The SMILES string of the molecule is CCc1cc2[n+](cc1-c1ccccc1)C(CC)(CC)C(C1C[n+]3cc(C)ccc3-c3cc4oc5ccccc5c4cc31)c1ccccc1-2. The molecule has 236 valence electrons. The first kappa shape index (κ1) is 29.1. The van der Waals surface area contributed by atoms with Gasteiger partial charge in [0.25, 0.3) is 0 Å². The molecular formula is C45H42N2O+2. The first-order valence-electron chi connectivity index (χ1n) is 17.7. The lowest BCUT2D eigenvalue weighted by Gasteiger charge is -2.44. The van der Waals surface area contributed by atoms with Gasteiger partial charge in [0, 0.05) is 52.4 Å². The Morgan fingerprint density at radius 2 is 1.44 bits per heavy atom. The lowest BCUT2D eigenvalue weighted by molar-refractivity contribution is -0.765. The average Bonchev–Trinajstić information content (AvgIpc) is 3.50. The predicted octanol–water partition coefficient (Wildman–Crippen LogP) is 10.4. The summed E-state index contributed by atoms with van der Waals surface area (Å²) >= 11 is 0. The Morgan fingerprint density at radius 1 is 0.667 bits per heavy atom. The first-order chi connectivity index (χ1) is 23.5. The van der Waals surface area contributed by atoms with E-state index in [1.54, 1.807) is 0 Å². The molecule has 7 aromatic rings. The molecule has 0 bridgehead atoms. The topological polar surface area (TPSA) is 20.9 Å². The van der Waals surface area contributed by atoms with Crippen molar-refractivity contribution in [3.8, 4) is 33.6 Å². The molecule has 0 saturated carbocycles. The van der Waals surface area contributed by atoms with Gasteiger partial charge >= 0.3 is 0 Å². The Balaban J connectivity index is 1.35. The van der Waals surface area contributed by atoms with Crippen LogP contribution in [0.2, 0.25) is 0 Å². The molecule has 0 fully saturated rings. The van der Waals surface area contributed by atoms with Crippen molar-refractivity contribution in [1.82, 2.24) is 0 Å². The lowest BCUT2D eigenvalue weighted by Crippen LogP contribution is -2.64. The van der Waals surface area contributed by atoms with E-state index in [1.807, 2.05) is 0 Å². The zero-order chi connectivity index (χ0) is 32.6. The summed E-state index contributed by atoms with van der Waals surface area (Å²) in [6.07, 6.45) is 7.93. The summed E-state index contributed by atoms with van der Waals surface area (Å²) in [6.45, 7) is 10.3. The van der Waals surface area contributed by atoms with E-state index in [0.29, 0.717) is 0 Å². The molecular weight excluding hydrogens is 585 g/mol. The summed E-state index contributed by atoms with van der Waals surface area (Å²) in [5.41, 5.74) is 15.3. The van der Waals surface area contributed by atoms with Gasteiger partial charge in [0.2, 0.25) is 11.4 Å². The van der Waals surface area contributed by atoms with E-state index in [2.05, 4.69) is 158 Å². The molecule has 3 heteroatoms. The molecule has 2 aliphatic heterocycles. The third-order valence-corrected chi connectivity index (χ3v) is 11.7. The molecule has 3 nitrogen and oxygen atoms in total. The number of hydrogen-bond donors (Lipinski definition) is 0. The summed E-state index contributed by atoms with van der Waals surface area (Å²) in [6, 6.07) is 40.6. The summed E-state index contributed by atoms with van der Waals surface area (Å²) < 4.78 is 11.7. The van der Waals surface area contributed by atoms with Crippen molar-refractivity contribution in [3.63, 3.8) is 0 Å². The largest absolute Gasteiger partial charge is 0.456 e. The Morgan fingerprint density at radius 3 is 2.25 bits per heavy atom. The summed E-state index contributed by atoms with van der Waals surface area (Å²) in [4.78, 5) is 0. The third kappa shape index (κ3) is 4.13. The first-order valence-corrected chi connectivity index (χ1v) is 17.7. The van der Waals surface area contributed by atoms with Gasteiger partial charge in [-0.1, -0.05) is 87.5 Å². The number of aryl methyl sites for hydroxylation is 2. The van der Waals surface area contributed by atoms with Crippen molar-refractivity contribution in [2.24, 2.45) is 0 Å². The van der Waals surface area contributed by atoms with Gasteiger partial charge < -0.3 is 4.42 Å². The van der Waals surface area contributed by atoms with E-state index in [9.17, 15) is 0 Å². The van der Waals surface area contributed by atoms with Crippen LogP contribution >= 0.6 is 0 Å². The van der Waals surface area contributed by atoms with E-state index >= 15 is 0 Å². The highest BCUT2D eigenvalue weighted by atomic mass is 16.3. The quantitative estimate of drug-likeness (QED) is 0.174. The number of aromatic nitrogens is 2. The second-order valence-electron chi connectivity index (χ2n) is 13.9. The molecule has 0 aliphatic carbocycles. The number of hydrogen-bond acceptors (Lipinski definition) is 1. The van der Waals surface area contributed by atoms with Crippen molar-refractivity contribution < 1.29 is 13.6 Å². The monoisotopic (exact) mass is 626 g/mol. The minimum absolute atomic E-state index is 0.128. The Bertz CT molecular complexity index is 2360. The van der Waals surface area contributed by atoms with Crippen LogP contribution in [0.5, 0.6) is 0 Å². The molecule has 0 radical (unpaired) electrons. The van der Waals surface area contributed by atoms with Gasteiger partial charge in [-0.3, -0.25) is 0 Å². The molecule has 5 heterocycles. The van der Waals surface area contributed by atoms with Crippen LogP contribution in [0, 0.1) is 6.92 Å². The van der Waals surface area contributed by atoms with Gasteiger partial charge in [-0.15, -0.1) is 0 Å². The maximum absolute atomic E-state index is 6.49. The lowest BCUT2D eigenvalue weighted by atomic mass is 9.62. The van der Waals surface area contributed by atoms with E-state index < -0.39 is 0 Å². The van der Waals surface area contributed by atoms with Gasteiger partial charge in [-0.2, -0.15) is 9.13 Å². The molecule has 2 atom stereocenters. The summed E-state index contributed by atoms with van der Waals surface area (Å²) in [5.74, 6) is 0.512. The van der Waals surface area contributed by atoms with Crippen molar-refractivity contribution in [1.29, 1.82) is 0 Å². The maximum Gasteiger partial charge on any atom is 0.213 e. The molecule has 0 amide bonds.